The molecule has 31 heavy (non-hydrogen) atoms. The number of aliphatic carboxylic acids is 1. The third-order valence-corrected chi connectivity index (χ3v) is 6.57. The number of hydrogen-bond donors (Lipinski definition) is 1. The lowest BCUT2D eigenvalue weighted by Crippen LogP contribution is -2.38. The minimum absolute atomic E-state index is 0.0196. The molecule has 1 heterocycles. The van der Waals surface area contributed by atoms with Gasteiger partial charge in [-0.15, -0.1) is 11.3 Å². The molecule has 0 aliphatic heterocycles. The van der Waals surface area contributed by atoms with Crippen molar-refractivity contribution in [1.29, 1.82) is 0 Å². The summed E-state index contributed by atoms with van der Waals surface area (Å²) < 4.78 is 12.1. The monoisotopic (exact) mass is 440 g/mol. The number of ketones is 1. The van der Waals surface area contributed by atoms with Crippen LogP contribution in [0.3, 0.4) is 0 Å². The Bertz CT molecular complexity index is 1120. The molecule has 0 bridgehead atoms. The Hall–Kier alpha value is -2.86. The fourth-order valence-electron chi connectivity index (χ4n) is 3.51. The van der Waals surface area contributed by atoms with Gasteiger partial charge in [-0.3, -0.25) is 4.79 Å². The summed E-state index contributed by atoms with van der Waals surface area (Å²) in [5.74, 6) is 0.460. The molecule has 3 aromatic rings. The van der Waals surface area contributed by atoms with Crippen molar-refractivity contribution in [2.75, 3.05) is 7.11 Å². The summed E-state index contributed by atoms with van der Waals surface area (Å²) in [6, 6.07) is 11.7. The Morgan fingerprint density at radius 2 is 1.74 bits per heavy atom. The van der Waals surface area contributed by atoms with Gasteiger partial charge in [0.25, 0.3) is 0 Å². The number of carboxylic acid groups (broad SMARTS) is 1. The van der Waals surface area contributed by atoms with Gasteiger partial charge in [0.1, 0.15) is 11.5 Å². The molecular formula is C25H28O5S. The molecule has 0 aliphatic rings. The standard InChI is InChI=1S/C25H28O5S/c1-14(11-20(26)22-13-18-12-19(29-6)7-8-21(18)31-22)17-9-15(2)23(16(3)10-17)30-25(4,5)24(27)28/h7-10,12-14H,11H2,1-6H3,(H,27,28). The molecule has 1 unspecified atom stereocenters. The zero-order valence-corrected chi connectivity index (χ0v) is 19.6. The summed E-state index contributed by atoms with van der Waals surface area (Å²) in [7, 11) is 1.63. The predicted molar refractivity (Wildman–Crippen MR) is 124 cm³/mol. The van der Waals surface area contributed by atoms with E-state index in [-0.39, 0.29) is 11.7 Å². The molecule has 164 valence electrons. The quantitative estimate of drug-likeness (QED) is 0.426. The third kappa shape index (κ3) is 4.90. The zero-order chi connectivity index (χ0) is 22.9. The van der Waals surface area contributed by atoms with Gasteiger partial charge in [-0.25, -0.2) is 4.79 Å². The van der Waals surface area contributed by atoms with Crippen LogP contribution in [0.5, 0.6) is 11.5 Å². The van der Waals surface area contributed by atoms with Gasteiger partial charge in [-0.1, -0.05) is 19.1 Å². The number of hydrogen-bond acceptors (Lipinski definition) is 5. The zero-order valence-electron chi connectivity index (χ0n) is 18.7. The van der Waals surface area contributed by atoms with Gasteiger partial charge in [0.2, 0.25) is 0 Å². The number of carbonyl (C=O) groups is 2. The lowest BCUT2D eigenvalue weighted by Gasteiger charge is -2.25. The molecule has 1 atom stereocenters. The molecule has 3 rings (SSSR count). The highest BCUT2D eigenvalue weighted by atomic mass is 32.1. The average Bonchev–Trinajstić information content (AvgIpc) is 3.13. The van der Waals surface area contributed by atoms with Gasteiger partial charge in [-0.2, -0.15) is 0 Å². The number of fused-ring (bicyclic) bond motifs is 1. The lowest BCUT2D eigenvalue weighted by molar-refractivity contribution is -0.152. The summed E-state index contributed by atoms with van der Waals surface area (Å²) in [5, 5.41) is 10.4. The summed E-state index contributed by atoms with van der Waals surface area (Å²) in [5.41, 5.74) is 1.43. The second-order valence-electron chi connectivity index (χ2n) is 8.44. The number of benzene rings is 2. The number of carbonyl (C=O) groups excluding carboxylic acids is 1. The van der Waals surface area contributed by atoms with Crippen LogP contribution in [0.25, 0.3) is 10.1 Å². The number of aryl methyl sites for hydroxylation is 2. The predicted octanol–water partition coefficient (Wildman–Crippen LogP) is 6.15. The fraction of sp³-hybridized carbons (Fsp3) is 0.360. The van der Waals surface area contributed by atoms with Crippen LogP contribution in [0.15, 0.2) is 36.4 Å². The van der Waals surface area contributed by atoms with E-state index >= 15 is 0 Å². The van der Waals surface area contributed by atoms with E-state index in [1.807, 2.05) is 57.2 Å². The molecule has 5 nitrogen and oxygen atoms in total. The summed E-state index contributed by atoms with van der Waals surface area (Å²) in [4.78, 5) is 25.1. The molecule has 1 aromatic heterocycles. The Kier molecular flexibility index (Phi) is 6.41. The van der Waals surface area contributed by atoms with Crippen LogP contribution in [0, 0.1) is 13.8 Å². The van der Waals surface area contributed by atoms with E-state index in [0.29, 0.717) is 12.2 Å². The minimum Gasteiger partial charge on any atom is -0.497 e. The van der Waals surface area contributed by atoms with Crippen LogP contribution in [-0.2, 0) is 4.79 Å². The highest BCUT2D eigenvalue weighted by Gasteiger charge is 2.30. The van der Waals surface area contributed by atoms with Crippen LogP contribution in [-0.4, -0.2) is 29.6 Å². The van der Waals surface area contributed by atoms with Gasteiger partial charge in [0, 0.05) is 11.1 Å². The first-order valence-electron chi connectivity index (χ1n) is 10.2. The average molecular weight is 441 g/mol. The number of Topliss-reactive ketones (excluding diaryl/α,β-unsaturated/α-hetero) is 1. The van der Waals surface area contributed by atoms with E-state index in [9.17, 15) is 14.7 Å². The molecule has 2 aromatic carbocycles. The van der Waals surface area contributed by atoms with Crippen molar-refractivity contribution in [1.82, 2.24) is 0 Å². The van der Waals surface area contributed by atoms with Crippen LogP contribution < -0.4 is 9.47 Å². The largest absolute Gasteiger partial charge is 0.497 e. The molecule has 0 aliphatic carbocycles. The van der Waals surface area contributed by atoms with E-state index in [0.717, 1.165) is 37.4 Å². The Balaban J connectivity index is 1.79. The highest BCUT2D eigenvalue weighted by Crippen LogP contribution is 2.34. The summed E-state index contributed by atoms with van der Waals surface area (Å²) >= 11 is 1.50. The van der Waals surface area contributed by atoms with Gasteiger partial charge >= 0.3 is 5.97 Å². The number of carboxylic acids is 1. The van der Waals surface area contributed by atoms with Crippen molar-refractivity contribution < 1.29 is 24.2 Å². The van der Waals surface area contributed by atoms with Crippen molar-refractivity contribution in [2.24, 2.45) is 0 Å². The first kappa shape index (κ1) is 22.8. The normalized spacial score (nSPS) is 12.6. The van der Waals surface area contributed by atoms with E-state index in [1.165, 1.54) is 25.2 Å². The molecule has 0 fully saturated rings. The molecule has 0 saturated heterocycles. The van der Waals surface area contributed by atoms with Crippen LogP contribution in [0.4, 0.5) is 0 Å². The van der Waals surface area contributed by atoms with E-state index < -0.39 is 11.6 Å². The molecule has 0 spiro atoms. The number of thiophene rings is 1. The molecular weight excluding hydrogens is 412 g/mol. The third-order valence-electron chi connectivity index (χ3n) is 5.41. The van der Waals surface area contributed by atoms with Gasteiger partial charge < -0.3 is 14.6 Å². The summed E-state index contributed by atoms with van der Waals surface area (Å²) in [6.45, 7) is 8.90. The van der Waals surface area contributed by atoms with Crippen LogP contribution >= 0.6 is 11.3 Å². The topological polar surface area (TPSA) is 72.8 Å². The van der Waals surface area contributed by atoms with Crippen molar-refractivity contribution in [2.45, 2.75) is 52.6 Å². The smallest absolute Gasteiger partial charge is 0.347 e. The summed E-state index contributed by atoms with van der Waals surface area (Å²) in [6.07, 6.45) is 0.393. The Morgan fingerprint density at radius 3 is 2.32 bits per heavy atom. The first-order chi connectivity index (χ1) is 14.5. The second kappa shape index (κ2) is 8.71. The Morgan fingerprint density at radius 1 is 1.10 bits per heavy atom. The number of rotatable bonds is 8. The van der Waals surface area contributed by atoms with Crippen LogP contribution in [0.1, 0.15) is 59.5 Å². The first-order valence-corrected chi connectivity index (χ1v) is 11.0. The molecule has 6 heteroatoms. The van der Waals surface area contributed by atoms with Gasteiger partial charge in [0.05, 0.1) is 12.0 Å². The highest BCUT2D eigenvalue weighted by molar-refractivity contribution is 7.20. The molecule has 1 N–H and O–H groups in total. The van der Waals surface area contributed by atoms with Crippen molar-refractivity contribution in [3.63, 3.8) is 0 Å². The van der Waals surface area contributed by atoms with Gasteiger partial charge in [-0.05, 0) is 80.0 Å². The number of ether oxygens (including phenoxy) is 2. The molecule has 0 radical (unpaired) electrons. The van der Waals surface area contributed by atoms with E-state index in [4.69, 9.17) is 9.47 Å². The SMILES string of the molecule is COc1ccc2sc(C(=O)CC(C)c3cc(C)c(OC(C)(C)C(=O)O)c(C)c3)cc2c1. The minimum atomic E-state index is -1.32. The molecule has 0 saturated carbocycles. The van der Waals surface area contributed by atoms with Gasteiger partial charge in [0.15, 0.2) is 11.4 Å². The maximum Gasteiger partial charge on any atom is 0.347 e. The van der Waals surface area contributed by atoms with Crippen LogP contribution in [0.2, 0.25) is 0 Å². The van der Waals surface area contributed by atoms with Crippen molar-refractivity contribution in [3.05, 3.63) is 58.0 Å². The maximum absolute atomic E-state index is 12.9. The van der Waals surface area contributed by atoms with E-state index in [1.54, 1.807) is 7.11 Å². The van der Waals surface area contributed by atoms with E-state index in [2.05, 4.69) is 0 Å². The molecule has 0 amide bonds. The maximum atomic E-state index is 12.9. The number of methoxy groups -OCH3 is 1. The fourth-order valence-corrected chi connectivity index (χ4v) is 4.50. The second-order valence-corrected chi connectivity index (χ2v) is 9.53. The van der Waals surface area contributed by atoms with Crippen molar-refractivity contribution >= 4 is 33.2 Å². The lowest BCUT2D eigenvalue weighted by atomic mass is 9.92. The van der Waals surface area contributed by atoms with Crippen molar-refractivity contribution in [3.8, 4) is 11.5 Å². The Labute approximate surface area is 186 Å².